The van der Waals surface area contributed by atoms with Crippen molar-refractivity contribution in [3.8, 4) is 0 Å². The van der Waals surface area contributed by atoms with Crippen LogP contribution in [0.25, 0.3) is 6.08 Å². The Balaban J connectivity index is 1.89. The minimum atomic E-state index is -0.390. The van der Waals surface area contributed by atoms with Crippen LogP contribution < -0.4 is 0 Å². The number of rotatable bonds is 4. The molecule has 2 rings (SSSR count). The number of nitro groups is 1. The van der Waals surface area contributed by atoms with E-state index in [1.54, 1.807) is 30.0 Å². The summed E-state index contributed by atoms with van der Waals surface area (Å²) < 4.78 is 11.0. The zero-order valence-electron chi connectivity index (χ0n) is 9.78. The topological polar surface area (TPSA) is 61.6 Å². The highest BCUT2D eigenvalue weighted by Crippen LogP contribution is 2.25. The van der Waals surface area contributed by atoms with Crippen molar-refractivity contribution in [1.82, 2.24) is 0 Å². The average Bonchev–Trinajstić information content (AvgIpc) is 2.86. The molecule has 0 unspecified atom stereocenters. The third-order valence-corrected chi connectivity index (χ3v) is 4.38. The van der Waals surface area contributed by atoms with Crippen molar-refractivity contribution in [3.63, 3.8) is 0 Å². The highest BCUT2D eigenvalue weighted by Gasteiger charge is 2.19. The molecule has 98 valence electrons. The SMILES string of the molecule is CSC1COC(C=Cc2ccc([N+](=O)[O-])s2)OC1. The van der Waals surface area contributed by atoms with Crippen molar-refractivity contribution in [2.45, 2.75) is 11.5 Å². The molecule has 0 atom stereocenters. The summed E-state index contributed by atoms with van der Waals surface area (Å²) in [6.45, 7) is 1.33. The minimum absolute atomic E-state index is 0.141. The summed E-state index contributed by atoms with van der Waals surface area (Å²) in [5, 5.41) is 11.1. The third kappa shape index (κ3) is 3.55. The van der Waals surface area contributed by atoms with Gasteiger partial charge in [0.2, 0.25) is 0 Å². The molecule has 1 aromatic heterocycles. The summed E-state index contributed by atoms with van der Waals surface area (Å²) in [6.07, 6.45) is 5.25. The molecule has 0 aromatic carbocycles. The van der Waals surface area contributed by atoms with Crippen LogP contribution >= 0.6 is 23.1 Å². The Bertz CT molecular complexity index is 438. The molecule has 1 aliphatic heterocycles. The van der Waals surface area contributed by atoms with Crippen LogP contribution in [0.1, 0.15) is 4.88 Å². The van der Waals surface area contributed by atoms with Crippen LogP contribution in [0.15, 0.2) is 18.2 Å². The van der Waals surface area contributed by atoms with Gasteiger partial charge in [0.25, 0.3) is 0 Å². The van der Waals surface area contributed by atoms with Crippen molar-refractivity contribution in [2.75, 3.05) is 19.5 Å². The van der Waals surface area contributed by atoms with Crippen LogP contribution in [0, 0.1) is 10.1 Å². The zero-order valence-corrected chi connectivity index (χ0v) is 11.4. The van der Waals surface area contributed by atoms with Gasteiger partial charge in [-0.2, -0.15) is 11.8 Å². The van der Waals surface area contributed by atoms with Gasteiger partial charge in [0.1, 0.15) is 0 Å². The van der Waals surface area contributed by atoms with Crippen molar-refractivity contribution in [3.05, 3.63) is 33.2 Å². The maximum Gasteiger partial charge on any atom is 0.324 e. The summed E-state index contributed by atoms with van der Waals surface area (Å²) >= 11 is 2.86. The van der Waals surface area contributed by atoms with Crippen molar-refractivity contribution in [1.29, 1.82) is 0 Å². The number of thioether (sulfide) groups is 1. The molecule has 0 radical (unpaired) electrons. The molecule has 1 aromatic rings. The molecule has 2 heterocycles. The van der Waals surface area contributed by atoms with Crippen LogP contribution in [0.4, 0.5) is 5.00 Å². The molecule has 0 aliphatic carbocycles. The van der Waals surface area contributed by atoms with E-state index in [0.29, 0.717) is 18.5 Å². The zero-order chi connectivity index (χ0) is 13.0. The lowest BCUT2D eigenvalue weighted by Gasteiger charge is -2.26. The first-order chi connectivity index (χ1) is 8.69. The van der Waals surface area contributed by atoms with Gasteiger partial charge >= 0.3 is 5.00 Å². The van der Waals surface area contributed by atoms with Crippen LogP contribution in [-0.2, 0) is 9.47 Å². The van der Waals surface area contributed by atoms with Gasteiger partial charge in [0.15, 0.2) is 6.29 Å². The van der Waals surface area contributed by atoms with Gasteiger partial charge < -0.3 is 9.47 Å². The molecule has 0 saturated carbocycles. The molecule has 1 saturated heterocycles. The Labute approximate surface area is 113 Å². The maximum absolute atomic E-state index is 10.5. The lowest BCUT2D eigenvalue weighted by atomic mass is 10.3. The Kier molecular flexibility index (Phi) is 4.76. The quantitative estimate of drug-likeness (QED) is 0.629. The molecular formula is C11H13NO4S2. The molecule has 0 spiro atoms. The fraction of sp³-hybridized carbons (Fsp3) is 0.455. The molecule has 0 bridgehead atoms. The van der Waals surface area contributed by atoms with E-state index < -0.39 is 4.92 Å². The fourth-order valence-electron chi connectivity index (χ4n) is 1.45. The second-order valence-electron chi connectivity index (χ2n) is 3.68. The van der Waals surface area contributed by atoms with Crippen LogP contribution in [-0.4, -0.2) is 35.9 Å². The summed E-state index contributed by atoms with van der Waals surface area (Å²) in [6, 6.07) is 3.21. The largest absolute Gasteiger partial charge is 0.348 e. The second kappa shape index (κ2) is 6.33. The molecule has 5 nitrogen and oxygen atoms in total. The highest BCUT2D eigenvalue weighted by molar-refractivity contribution is 7.99. The first kappa shape index (κ1) is 13.5. The van der Waals surface area contributed by atoms with Gasteiger partial charge in [0, 0.05) is 10.9 Å². The first-order valence-electron chi connectivity index (χ1n) is 5.37. The maximum atomic E-state index is 10.5. The fourth-order valence-corrected chi connectivity index (χ4v) is 2.62. The molecule has 0 N–H and O–H groups in total. The number of thiophene rings is 1. The lowest BCUT2D eigenvalue weighted by Crippen LogP contribution is -2.32. The standard InChI is InChI=1S/C11H13NO4S2/c1-17-9-6-15-11(16-7-9)5-3-8-2-4-10(18-8)12(13)14/h2-5,9,11H,6-7H2,1H3. The number of nitrogens with zero attached hydrogens (tertiary/aromatic N) is 1. The Hall–Kier alpha value is -0.890. The summed E-state index contributed by atoms with van der Waals surface area (Å²) in [7, 11) is 0. The Morgan fingerprint density at radius 1 is 1.50 bits per heavy atom. The summed E-state index contributed by atoms with van der Waals surface area (Å²) in [5.74, 6) is 0. The number of hydrogen-bond donors (Lipinski definition) is 0. The van der Waals surface area contributed by atoms with E-state index >= 15 is 0 Å². The summed E-state index contributed by atoms with van der Waals surface area (Å²) in [4.78, 5) is 11.0. The van der Waals surface area contributed by atoms with E-state index in [1.165, 1.54) is 6.07 Å². The van der Waals surface area contributed by atoms with Gasteiger partial charge in [-0.1, -0.05) is 11.3 Å². The van der Waals surface area contributed by atoms with Gasteiger partial charge in [-0.05, 0) is 24.5 Å². The van der Waals surface area contributed by atoms with Crippen molar-refractivity contribution >= 4 is 34.2 Å². The van der Waals surface area contributed by atoms with Crippen molar-refractivity contribution in [2.24, 2.45) is 0 Å². The van der Waals surface area contributed by atoms with Crippen molar-refractivity contribution < 1.29 is 14.4 Å². The van der Waals surface area contributed by atoms with E-state index in [0.717, 1.165) is 16.2 Å². The van der Waals surface area contributed by atoms with Gasteiger partial charge in [-0.3, -0.25) is 10.1 Å². The second-order valence-corrected chi connectivity index (χ2v) is 5.92. The third-order valence-electron chi connectivity index (χ3n) is 2.44. The van der Waals surface area contributed by atoms with Crippen LogP contribution in [0.3, 0.4) is 0 Å². The first-order valence-corrected chi connectivity index (χ1v) is 7.48. The number of hydrogen-bond acceptors (Lipinski definition) is 6. The van der Waals surface area contributed by atoms with E-state index in [4.69, 9.17) is 9.47 Å². The normalized spacial score (nSPS) is 24.5. The number of ether oxygens (including phenoxy) is 2. The Morgan fingerprint density at radius 3 is 2.78 bits per heavy atom. The van der Waals surface area contributed by atoms with E-state index in [-0.39, 0.29) is 11.3 Å². The van der Waals surface area contributed by atoms with E-state index in [1.807, 2.05) is 6.26 Å². The average molecular weight is 287 g/mol. The predicted octanol–water partition coefficient (Wildman–Crippen LogP) is 2.77. The predicted molar refractivity (Wildman–Crippen MR) is 73.0 cm³/mol. The van der Waals surface area contributed by atoms with Gasteiger partial charge in [-0.15, -0.1) is 0 Å². The lowest BCUT2D eigenvalue weighted by molar-refractivity contribution is -0.380. The van der Waals surface area contributed by atoms with E-state index in [2.05, 4.69) is 0 Å². The smallest absolute Gasteiger partial charge is 0.324 e. The summed E-state index contributed by atoms with van der Waals surface area (Å²) in [5.41, 5.74) is 0. The molecule has 1 aliphatic rings. The van der Waals surface area contributed by atoms with Crippen LogP contribution in [0.2, 0.25) is 0 Å². The molecule has 0 amide bonds. The highest BCUT2D eigenvalue weighted by atomic mass is 32.2. The van der Waals surface area contributed by atoms with Gasteiger partial charge in [-0.25, -0.2) is 0 Å². The van der Waals surface area contributed by atoms with E-state index in [9.17, 15) is 10.1 Å². The molecule has 18 heavy (non-hydrogen) atoms. The monoisotopic (exact) mass is 287 g/mol. The Morgan fingerprint density at radius 2 is 2.22 bits per heavy atom. The molecule has 7 heteroatoms. The van der Waals surface area contributed by atoms with Crippen LogP contribution in [0.5, 0.6) is 0 Å². The molecule has 1 fully saturated rings. The minimum Gasteiger partial charge on any atom is -0.348 e. The molecular weight excluding hydrogens is 274 g/mol. The van der Waals surface area contributed by atoms with Gasteiger partial charge in [0.05, 0.1) is 23.4 Å².